The summed E-state index contributed by atoms with van der Waals surface area (Å²) < 4.78 is 5.48. The van der Waals surface area contributed by atoms with Crippen LogP contribution in [0.5, 0.6) is 0 Å². The van der Waals surface area contributed by atoms with Gasteiger partial charge in [-0.2, -0.15) is 0 Å². The number of rotatable bonds is 6. The number of halogens is 1. The number of hydrogen-bond donors (Lipinski definition) is 1. The van der Waals surface area contributed by atoms with Crippen LogP contribution in [0.1, 0.15) is 49.2 Å². The lowest BCUT2D eigenvalue weighted by atomic mass is 9.89. The van der Waals surface area contributed by atoms with Crippen LogP contribution < -0.4 is 5.32 Å². The van der Waals surface area contributed by atoms with Crippen LogP contribution in [0.2, 0.25) is 5.15 Å². The van der Waals surface area contributed by atoms with Crippen LogP contribution in [0.15, 0.2) is 12.1 Å². The molecule has 0 unspecified atom stereocenters. The van der Waals surface area contributed by atoms with Crippen molar-refractivity contribution in [3.63, 3.8) is 0 Å². The average Bonchev–Trinajstić information content (AvgIpc) is 2.36. The Morgan fingerprint density at radius 3 is 2.85 bits per heavy atom. The summed E-state index contributed by atoms with van der Waals surface area (Å²) in [6.45, 7) is 4.79. The zero-order chi connectivity index (χ0) is 14.5. The van der Waals surface area contributed by atoms with Crippen molar-refractivity contribution in [3.8, 4) is 0 Å². The molecule has 0 aromatic carbocycles. The first-order valence-electron chi connectivity index (χ1n) is 7.21. The molecule has 1 aromatic heterocycles. The molecule has 1 heterocycles. The molecule has 1 aliphatic rings. The number of pyridine rings is 1. The molecule has 110 valence electrons. The van der Waals surface area contributed by atoms with Gasteiger partial charge in [-0.05, 0) is 38.3 Å². The molecule has 1 saturated carbocycles. The van der Waals surface area contributed by atoms with Crippen molar-refractivity contribution in [1.82, 2.24) is 10.3 Å². The van der Waals surface area contributed by atoms with E-state index < -0.39 is 0 Å². The molecule has 20 heavy (non-hydrogen) atoms. The van der Waals surface area contributed by atoms with Gasteiger partial charge in [-0.3, -0.25) is 4.79 Å². The van der Waals surface area contributed by atoms with Crippen molar-refractivity contribution in [2.45, 2.75) is 51.7 Å². The smallest absolute Gasteiger partial charge is 0.251 e. The van der Waals surface area contributed by atoms with E-state index in [9.17, 15) is 4.79 Å². The average molecular weight is 297 g/mol. The van der Waals surface area contributed by atoms with Gasteiger partial charge in [0, 0.05) is 23.9 Å². The first kappa shape index (κ1) is 15.3. The quantitative estimate of drug-likeness (QED) is 0.821. The van der Waals surface area contributed by atoms with E-state index in [0.29, 0.717) is 16.8 Å². The molecule has 0 aliphatic heterocycles. The summed E-state index contributed by atoms with van der Waals surface area (Å²) >= 11 is 5.97. The van der Waals surface area contributed by atoms with Crippen LogP contribution in [0.3, 0.4) is 0 Å². The molecule has 0 bridgehead atoms. The number of carbonyl (C=O) groups is 1. The largest absolute Gasteiger partial charge is 0.378 e. The van der Waals surface area contributed by atoms with E-state index in [1.165, 1.54) is 0 Å². The minimum absolute atomic E-state index is 0.0772. The SMILES string of the molecule is CCCc1cc(C(=O)NC2CC(OCC)C2)cc(Cl)n1. The van der Waals surface area contributed by atoms with Crippen molar-refractivity contribution >= 4 is 17.5 Å². The minimum atomic E-state index is -0.0772. The van der Waals surface area contributed by atoms with Gasteiger partial charge in [-0.1, -0.05) is 24.9 Å². The van der Waals surface area contributed by atoms with Crippen LogP contribution in [-0.2, 0) is 11.2 Å². The molecule has 1 amide bonds. The third kappa shape index (κ3) is 3.93. The molecular weight excluding hydrogens is 276 g/mol. The normalized spacial score (nSPS) is 21.4. The summed E-state index contributed by atoms with van der Waals surface area (Å²) in [5.74, 6) is -0.0772. The van der Waals surface area contributed by atoms with E-state index in [1.54, 1.807) is 6.07 Å². The van der Waals surface area contributed by atoms with Crippen LogP contribution >= 0.6 is 11.6 Å². The van der Waals surface area contributed by atoms with Gasteiger partial charge in [0.1, 0.15) is 5.15 Å². The fourth-order valence-corrected chi connectivity index (χ4v) is 2.62. The second kappa shape index (κ2) is 7.04. The Hall–Kier alpha value is -1.13. The van der Waals surface area contributed by atoms with Crippen molar-refractivity contribution in [2.24, 2.45) is 0 Å². The Morgan fingerprint density at radius 2 is 2.20 bits per heavy atom. The Kier molecular flexibility index (Phi) is 5.38. The Balaban J connectivity index is 1.92. The molecule has 1 aromatic rings. The molecule has 0 spiro atoms. The molecule has 0 radical (unpaired) electrons. The summed E-state index contributed by atoms with van der Waals surface area (Å²) in [4.78, 5) is 16.4. The number of nitrogens with one attached hydrogen (secondary N) is 1. The number of nitrogens with zero attached hydrogens (tertiary/aromatic N) is 1. The topological polar surface area (TPSA) is 51.2 Å². The number of hydrogen-bond acceptors (Lipinski definition) is 3. The van der Waals surface area contributed by atoms with Crippen molar-refractivity contribution in [1.29, 1.82) is 0 Å². The maximum atomic E-state index is 12.2. The molecule has 1 aliphatic carbocycles. The molecule has 4 nitrogen and oxygen atoms in total. The summed E-state index contributed by atoms with van der Waals surface area (Å²) in [6.07, 6.45) is 3.88. The number of aromatic nitrogens is 1. The van der Waals surface area contributed by atoms with Gasteiger partial charge in [-0.25, -0.2) is 4.98 Å². The standard InChI is InChI=1S/C15H21ClN2O2/c1-3-5-11-6-10(7-14(16)17-11)15(19)18-12-8-13(9-12)20-4-2/h6-7,12-13H,3-5,8-9H2,1-2H3,(H,18,19). The number of aryl methyl sites for hydroxylation is 1. The highest BCUT2D eigenvalue weighted by atomic mass is 35.5. The van der Waals surface area contributed by atoms with Crippen LogP contribution in [0.4, 0.5) is 0 Å². The summed E-state index contributed by atoms with van der Waals surface area (Å²) in [6, 6.07) is 3.65. The van der Waals surface area contributed by atoms with Crippen molar-refractivity contribution in [3.05, 3.63) is 28.5 Å². The van der Waals surface area contributed by atoms with E-state index in [2.05, 4.69) is 17.2 Å². The predicted octanol–water partition coefficient (Wildman–Crippen LogP) is 2.98. The highest BCUT2D eigenvalue weighted by Crippen LogP contribution is 2.23. The molecular formula is C15H21ClN2O2. The number of amides is 1. The lowest BCUT2D eigenvalue weighted by Gasteiger charge is -2.35. The zero-order valence-corrected chi connectivity index (χ0v) is 12.7. The third-order valence-corrected chi connectivity index (χ3v) is 3.64. The lowest BCUT2D eigenvalue weighted by Crippen LogP contribution is -2.47. The van der Waals surface area contributed by atoms with Crippen LogP contribution in [0, 0.1) is 0 Å². The van der Waals surface area contributed by atoms with Gasteiger partial charge in [0.15, 0.2) is 0 Å². The third-order valence-electron chi connectivity index (χ3n) is 3.45. The highest BCUT2D eigenvalue weighted by molar-refractivity contribution is 6.29. The molecule has 1 N–H and O–H groups in total. The van der Waals surface area contributed by atoms with Gasteiger partial charge in [0.25, 0.3) is 5.91 Å². The number of carbonyl (C=O) groups excluding carboxylic acids is 1. The lowest BCUT2D eigenvalue weighted by molar-refractivity contribution is -0.00862. The summed E-state index contributed by atoms with van der Waals surface area (Å²) in [7, 11) is 0. The van der Waals surface area contributed by atoms with Gasteiger partial charge in [-0.15, -0.1) is 0 Å². The first-order valence-corrected chi connectivity index (χ1v) is 7.59. The summed E-state index contributed by atoms with van der Waals surface area (Å²) in [5, 5.41) is 3.39. The highest BCUT2D eigenvalue weighted by Gasteiger charge is 2.30. The zero-order valence-electron chi connectivity index (χ0n) is 12.0. The summed E-state index contributed by atoms with van der Waals surface area (Å²) in [5.41, 5.74) is 1.46. The Bertz CT molecular complexity index is 473. The van der Waals surface area contributed by atoms with E-state index in [0.717, 1.165) is 38.0 Å². The van der Waals surface area contributed by atoms with E-state index in [-0.39, 0.29) is 11.9 Å². The monoisotopic (exact) mass is 296 g/mol. The van der Waals surface area contributed by atoms with E-state index in [4.69, 9.17) is 16.3 Å². The minimum Gasteiger partial charge on any atom is -0.378 e. The Labute approximate surface area is 124 Å². The molecule has 0 saturated heterocycles. The fraction of sp³-hybridized carbons (Fsp3) is 0.600. The molecule has 2 rings (SSSR count). The Morgan fingerprint density at radius 1 is 1.45 bits per heavy atom. The van der Waals surface area contributed by atoms with E-state index >= 15 is 0 Å². The van der Waals surface area contributed by atoms with Crippen molar-refractivity contribution < 1.29 is 9.53 Å². The predicted molar refractivity (Wildman–Crippen MR) is 79.1 cm³/mol. The van der Waals surface area contributed by atoms with Gasteiger partial charge in [0.05, 0.1) is 6.10 Å². The number of ether oxygens (including phenoxy) is 1. The molecule has 5 heteroatoms. The van der Waals surface area contributed by atoms with Crippen LogP contribution in [0.25, 0.3) is 0 Å². The first-order chi connectivity index (χ1) is 9.62. The van der Waals surface area contributed by atoms with Gasteiger partial charge >= 0.3 is 0 Å². The van der Waals surface area contributed by atoms with Gasteiger partial charge < -0.3 is 10.1 Å². The maximum absolute atomic E-state index is 12.2. The fourth-order valence-electron chi connectivity index (χ4n) is 2.39. The molecule has 1 fully saturated rings. The van der Waals surface area contributed by atoms with Crippen LogP contribution in [-0.4, -0.2) is 29.6 Å². The van der Waals surface area contributed by atoms with Crippen molar-refractivity contribution in [2.75, 3.05) is 6.61 Å². The second-order valence-electron chi connectivity index (χ2n) is 5.14. The second-order valence-corrected chi connectivity index (χ2v) is 5.53. The maximum Gasteiger partial charge on any atom is 0.251 e. The van der Waals surface area contributed by atoms with E-state index in [1.807, 2.05) is 13.0 Å². The molecule has 0 atom stereocenters. The van der Waals surface area contributed by atoms with Gasteiger partial charge in [0.2, 0.25) is 0 Å².